The second kappa shape index (κ2) is 12.3. The van der Waals surface area contributed by atoms with Gasteiger partial charge < -0.3 is 14.6 Å². The van der Waals surface area contributed by atoms with Crippen LogP contribution in [0.15, 0.2) is 66.7 Å². The summed E-state index contributed by atoms with van der Waals surface area (Å²) in [6.07, 6.45) is 4.66. The van der Waals surface area contributed by atoms with E-state index in [2.05, 4.69) is 60.1 Å². The minimum atomic E-state index is -0.341. The molecule has 1 N–H and O–H groups in total. The fourth-order valence-corrected chi connectivity index (χ4v) is 4.32. The van der Waals surface area contributed by atoms with Gasteiger partial charge in [0, 0.05) is 25.1 Å². The summed E-state index contributed by atoms with van der Waals surface area (Å²) in [4.78, 5) is 17.0. The van der Waals surface area contributed by atoms with E-state index in [1.54, 1.807) is 0 Å². The van der Waals surface area contributed by atoms with Gasteiger partial charge in [0.1, 0.15) is 17.4 Å². The molecule has 0 unspecified atom stereocenters. The number of unbranched alkanes of at least 4 members (excludes halogenated alkanes) is 2. The molecule has 0 saturated carbocycles. The highest BCUT2D eigenvalue weighted by Gasteiger charge is 2.11. The van der Waals surface area contributed by atoms with Gasteiger partial charge in [-0.2, -0.15) is 0 Å². The van der Waals surface area contributed by atoms with Crippen molar-refractivity contribution in [3.05, 3.63) is 95.1 Å². The number of aromatic nitrogens is 2. The Morgan fingerprint density at radius 1 is 0.972 bits per heavy atom. The number of hydrogen-bond acceptors (Lipinski definition) is 3. The van der Waals surface area contributed by atoms with Crippen LogP contribution in [0.5, 0.6) is 5.75 Å². The number of nitrogens with one attached hydrogen (secondary N) is 1. The Hall–Kier alpha value is -3.67. The molecule has 0 spiro atoms. The number of aryl methyl sites for hydroxylation is 4. The van der Waals surface area contributed by atoms with Gasteiger partial charge in [0.05, 0.1) is 17.6 Å². The molecule has 5 nitrogen and oxygen atoms in total. The summed E-state index contributed by atoms with van der Waals surface area (Å²) in [5.41, 5.74) is 5.02. The van der Waals surface area contributed by atoms with Crippen LogP contribution >= 0.6 is 0 Å². The zero-order chi connectivity index (χ0) is 25.3. The molecule has 4 aromatic rings. The van der Waals surface area contributed by atoms with Gasteiger partial charge in [-0.05, 0) is 86.7 Å². The molecular formula is C30H34FN3O2. The van der Waals surface area contributed by atoms with Crippen LogP contribution < -0.4 is 10.1 Å². The molecule has 1 heterocycles. The standard InChI is InChI=1S/C30H34FN3O2/c1-22-12-13-23(2)28(21-22)36-20-8-19-34-27-10-6-5-9-26(27)33-29(34)11-4-3-7-18-32-30(35)24-14-16-25(31)17-15-24/h5-6,9-10,12-17,21H,3-4,7-8,11,18-20H2,1-2H3,(H,32,35). The highest BCUT2D eigenvalue weighted by atomic mass is 19.1. The monoisotopic (exact) mass is 487 g/mol. The second-order valence-corrected chi connectivity index (χ2v) is 9.21. The van der Waals surface area contributed by atoms with E-state index in [4.69, 9.17) is 9.72 Å². The van der Waals surface area contributed by atoms with Gasteiger partial charge in [-0.25, -0.2) is 9.37 Å². The van der Waals surface area contributed by atoms with Crippen LogP contribution in [0.2, 0.25) is 0 Å². The molecule has 1 aromatic heterocycles. The molecule has 1 amide bonds. The van der Waals surface area contributed by atoms with E-state index in [-0.39, 0.29) is 11.7 Å². The van der Waals surface area contributed by atoms with E-state index >= 15 is 0 Å². The molecule has 4 rings (SSSR count). The van der Waals surface area contributed by atoms with Crippen molar-refractivity contribution in [2.45, 2.75) is 52.5 Å². The Labute approximate surface area is 212 Å². The lowest BCUT2D eigenvalue weighted by atomic mass is 10.1. The molecule has 0 bridgehead atoms. The van der Waals surface area contributed by atoms with Crippen LogP contribution in [-0.2, 0) is 13.0 Å². The first-order valence-corrected chi connectivity index (χ1v) is 12.7. The number of nitrogens with zero attached hydrogens (tertiary/aromatic N) is 2. The van der Waals surface area contributed by atoms with Crippen molar-refractivity contribution >= 4 is 16.9 Å². The number of carbonyl (C=O) groups excluding carboxylic acids is 1. The highest BCUT2D eigenvalue weighted by molar-refractivity contribution is 5.94. The van der Waals surface area contributed by atoms with E-state index < -0.39 is 0 Å². The second-order valence-electron chi connectivity index (χ2n) is 9.21. The fraction of sp³-hybridized carbons (Fsp3) is 0.333. The van der Waals surface area contributed by atoms with Crippen LogP contribution in [0.3, 0.4) is 0 Å². The van der Waals surface area contributed by atoms with E-state index in [1.165, 1.54) is 29.8 Å². The first-order chi connectivity index (χ1) is 17.5. The van der Waals surface area contributed by atoms with Crippen molar-refractivity contribution < 1.29 is 13.9 Å². The molecule has 36 heavy (non-hydrogen) atoms. The van der Waals surface area contributed by atoms with Crippen LogP contribution in [-0.4, -0.2) is 28.6 Å². The summed E-state index contributed by atoms with van der Waals surface area (Å²) >= 11 is 0. The number of imidazole rings is 1. The predicted octanol–water partition coefficient (Wildman–Crippen LogP) is 6.40. The van der Waals surface area contributed by atoms with Gasteiger partial charge >= 0.3 is 0 Å². The van der Waals surface area contributed by atoms with Crippen molar-refractivity contribution in [3.63, 3.8) is 0 Å². The third kappa shape index (κ3) is 6.72. The molecule has 0 aliphatic carbocycles. The van der Waals surface area contributed by atoms with E-state index in [1.807, 2.05) is 6.07 Å². The molecule has 188 valence electrons. The highest BCUT2D eigenvalue weighted by Crippen LogP contribution is 2.21. The third-order valence-corrected chi connectivity index (χ3v) is 6.33. The minimum absolute atomic E-state index is 0.167. The lowest BCUT2D eigenvalue weighted by Crippen LogP contribution is -2.24. The third-order valence-electron chi connectivity index (χ3n) is 6.33. The van der Waals surface area contributed by atoms with Crippen LogP contribution in [0.4, 0.5) is 4.39 Å². The topological polar surface area (TPSA) is 56.1 Å². The first-order valence-electron chi connectivity index (χ1n) is 12.7. The van der Waals surface area contributed by atoms with Gasteiger partial charge in [0.15, 0.2) is 0 Å². The maximum absolute atomic E-state index is 13.0. The van der Waals surface area contributed by atoms with Crippen molar-refractivity contribution in [1.29, 1.82) is 0 Å². The molecular weight excluding hydrogens is 453 g/mol. The molecule has 6 heteroatoms. The first kappa shape index (κ1) is 25.4. The van der Waals surface area contributed by atoms with Gasteiger partial charge in [0.2, 0.25) is 0 Å². The maximum atomic E-state index is 13.0. The Kier molecular flexibility index (Phi) is 8.71. The van der Waals surface area contributed by atoms with E-state index in [0.717, 1.165) is 66.8 Å². The number of para-hydroxylation sites is 2. The molecule has 0 atom stereocenters. The zero-order valence-corrected chi connectivity index (χ0v) is 21.1. The predicted molar refractivity (Wildman–Crippen MR) is 142 cm³/mol. The fourth-order valence-electron chi connectivity index (χ4n) is 4.32. The van der Waals surface area contributed by atoms with Crippen molar-refractivity contribution in [3.8, 4) is 5.75 Å². The number of hydrogen-bond donors (Lipinski definition) is 1. The Balaban J connectivity index is 1.25. The summed E-state index contributed by atoms with van der Waals surface area (Å²) in [6, 6.07) is 20.2. The molecule has 0 fully saturated rings. The summed E-state index contributed by atoms with van der Waals surface area (Å²) in [7, 11) is 0. The smallest absolute Gasteiger partial charge is 0.251 e. The molecule has 3 aromatic carbocycles. The molecule has 0 aliphatic rings. The largest absolute Gasteiger partial charge is 0.493 e. The van der Waals surface area contributed by atoms with Crippen LogP contribution in [0, 0.1) is 19.7 Å². The van der Waals surface area contributed by atoms with Gasteiger partial charge in [0.25, 0.3) is 5.91 Å². The average molecular weight is 488 g/mol. The Morgan fingerprint density at radius 3 is 2.61 bits per heavy atom. The Morgan fingerprint density at radius 2 is 1.78 bits per heavy atom. The van der Waals surface area contributed by atoms with Gasteiger partial charge in [-0.3, -0.25) is 4.79 Å². The number of amides is 1. The summed E-state index contributed by atoms with van der Waals surface area (Å²) in [5, 5.41) is 2.91. The molecule has 0 aliphatic heterocycles. The molecule has 0 saturated heterocycles. The SMILES string of the molecule is Cc1ccc(C)c(OCCCn2c(CCCCCNC(=O)c3ccc(F)cc3)nc3ccccc32)c1. The number of rotatable bonds is 12. The van der Waals surface area contributed by atoms with Crippen LogP contribution in [0.25, 0.3) is 11.0 Å². The van der Waals surface area contributed by atoms with Crippen LogP contribution in [0.1, 0.15) is 53.0 Å². The van der Waals surface area contributed by atoms with E-state index in [0.29, 0.717) is 18.7 Å². The number of carbonyl (C=O) groups is 1. The minimum Gasteiger partial charge on any atom is -0.493 e. The van der Waals surface area contributed by atoms with Crippen molar-refractivity contribution in [2.24, 2.45) is 0 Å². The van der Waals surface area contributed by atoms with Crippen molar-refractivity contribution in [2.75, 3.05) is 13.2 Å². The average Bonchev–Trinajstić information content (AvgIpc) is 3.23. The normalized spacial score (nSPS) is 11.1. The number of ether oxygens (including phenoxy) is 1. The molecule has 0 radical (unpaired) electrons. The van der Waals surface area contributed by atoms with E-state index in [9.17, 15) is 9.18 Å². The lowest BCUT2D eigenvalue weighted by Gasteiger charge is -2.12. The lowest BCUT2D eigenvalue weighted by molar-refractivity contribution is 0.0953. The number of halogens is 1. The Bertz CT molecular complexity index is 1300. The number of fused-ring (bicyclic) bond motifs is 1. The maximum Gasteiger partial charge on any atom is 0.251 e. The number of benzene rings is 3. The van der Waals surface area contributed by atoms with Gasteiger partial charge in [-0.1, -0.05) is 30.7 Å². The summed E-state index contributed by atoms with van der Waals surface area (Å²) in [6.45, 7) is 6.26. The zero-order valence-electron chi connectivity index (χ0n) is 21.1. The summed E-state index contributed by atoms with van der Waals surface area (Å²) in [5.74, 6) is 1.54. The quantitative estimate of drug-likeness (QED) is 0.235. The van der Waals surface area contributed by atoms with Gasteiger partial charge in [-0.15, -0.1) is 0 Å². The van der Waals surface area contributed by atoms with Crippen molar-refractivity contribution in [1.82, 2.24) is 14.9 Å². The summed E-state index contributed by atoms with van der Waals surface area (Å²) < 4.78 is 21.4.